The van der Waals surface area contributed by atoms with E-state index in [1.54, 1.807) is 6.33 Å². The van der Waals surface area contributed by atoms with E-state index >= 15 is 0 Å². The van der Waals surface area contributed by atoms with Crippen LogP contribution in [-0.2, 0) is 13.1 Å². The molecule has 0 aliphatic carbocycles. The highest BCUT2D eigenvalue weighted by molar-refractivity contribution is 5.79. The van der Waals surface area contributed by atoms with Crippen molar-refractivity contribution in [3.63, 3.8) is 0 Å². The van der Waals surface area contributed by atoms with Gasteiger partial charge < -0.3 is 15.5 Å². The fourth-order valence-electron chi connectivity index (χ4n) is 3.72. The first-order chi connectivity index (χ1) is 15.3. The molecule has 0 fully saturated rings. The summed E-state index contributed by atoms with van der Waals surface area (Å²) in [6, 6.07) is 31.0. The molecule has 0 saturated heterocycles. The zero-order chi connectivity index (χ0) is 21.5. The number of nitrogens with zero attached hydrogens (tertiary/aromatic N) is 4. The summed E-state index contributed by atoms with van der Waals surface area (Å²) in [5.74, 6) is 1.47. The number of hydrogen-bond donors (Lipinski definition) is 1. The Morgan fingerprint density at radius 3 is 1.68 bits per heavy atom. The van der Waals surface area contributed by atoms with E-state index in [4.69, 9.17) is 5.73 Å². The van der Waals surface area contributed by atoms with Gasteiger partial charge in [-0.1, -0.05) is 78.9 Å². The lowest BCUT2D eigenvalue weighted by Crippen LogP contribution is -2.26. The molecule has 5 heteroatoms. The summed E-state index contributed by atoms with van der Waals surface area (Å²) in [5, 5.41) is 0. The summed E-state index contributed by atoms with van der Waals surface area (Å²) in [5.41, 5.74) is 10.7. The van der Waals surface area contributed by atoms with Crippen molar-refractivity contribution in [2.75, 3.05) is 22.1 Å². The average molecular weight is 410 g/mol. The predicted molar refractivity (Wildman–Crippen MR) is 128 cm³/mol. The first-order valence-electron chi connectivity index (χ1n) is 10.5. The molecule has 0 unspecified atom stereocenters. The van der Waals surface area contributed by atoms with Gasteiger partial charge in [0.1, 0.15) is 12.0 Å². The third-order valence-corrected chi connectivity index (χ3v) is 5.21. The molecule has 156 valence electrons. The van der Waals surface area contributed by atoms with E-state index < -0.39 is 0 Å². The molecule has 1 heterocycles. The van der Waals surface area contributed by atoms with Crippen molar-refractivity contribution in [2.24, 2.45) is 0 Å². The molecular weight excluding hydrogens is 382 g/mol. The number of nitrogen functional groups attached to an aromatic ring is 1. The van der Waals surface area contributed by atoms with E-state index in [-0.39, 0.29) is 0 Å². The van der Waals surface area contributed by atoms with Crippen molar-refractivity contribution in [2.45, 2.75) is 20.0 Å². The molecule has 0 radical (unpaired) electrons. The molecule has 1 aromatic heterocycles. The number of aromatic nitrogens is 2. The molecular formula is C26H27N5. The second-order valence-corrected chi connectivity index (χ2v) is 7.34. The topological polar surface area (TPSA) is 58.3 Å². The molecule has 0 amide bonds. The van der Waals surface area contributed by atoms with Crippen molar-refractivity contribution in [3.8, 4) is 0 Å². The number of nitrogens with two attached hydrogens (primary N) is 1. The lowest BCUT2D eigenvalue weighted by atomic mass is 10.1. The van der Waals surface area contributed by atoms with E-state index in [9.17, 15) is 0 Å². The van der Waals surface area contributed by atoms with Crippen molar-refractivity contribution in [3.05, 3.63) is 108 Å². The minimum atomic E-state index is 0.583. The van der Waals surface area contributed by atoms with Crippen LogP contribution in [0.25, 0.3) is 0 Å². The standard InChI is InChI=1S/C26H27N5/c1-2-31(23-16-10-5-11-17-23)26-24(27)25(28-20-29-26)30(18-21-12-6-3-7-13-21)19-22-14-8-4-9-15-22/h3-17,20H,2,18-19,27H2,1H3. The summed E-state index contributed by atoms with van der Waals surface area (Å²) in [7, 11) is 0. The van der Waals surface area contributed by atoms with Crippen LogP contribution in [0.15, 0.2) is 97.3 Å². The zero-order valence-corrected chi connectivity index (χ0v) is 17.7. The Hall–Kier alpha value is -3.86. The normalized spacial score (nSPS) is 10.6. The first-order valence-corrected chi connectivity index (χ1v) is 10.5. The molecule has 2 N–H and O–H groups in total. The number of para-hydroxylation sites is 1. The fraction of sp³-hybridized carbons (Fsp3) is 0.154. The Labute approximate surface area is 183 Å². The van der Waals surface area contributed by atoms with Crippen LogP contribution in [-0.4, -0.2) is 16.5 Å². The summed E-state index contributed by atoms with van der Waals surface area (Å²) in [4.78, 5) is 13.5. The van der Waals surface area contributed by atoms with Gasteiger partial charge in [0.2, 0.25) is 0 Å². The third kappa shape index (κ3) is 4.83. The maximum Gasteiger partial charge on any atom is 0.161 e. The summed E-state index contributed by atoms with van der Waals surface area (Å²) in [6.45, 7) is 4.25. The van der Waals surface area contributed by atoms with E-state index in [1.807, 2.05) is 30.3 Å². The quantitative estimate of drug-likeness (QED) is 0.421. The maximum atomic E-state index is 6.70. The highest BCUT2D eigenvalue weighted by Crippen LogP contribution is 2.34. The Bertz CT molecular complexity index is 1040. The van der Waals surface area contributed by atoms with Gasteiger partial charge in [-0.05, 0) is 30.2 Å². The van der Waals surface area contributed by atoms with Gasteiger partial charge in [-0.15, -0.1) is 0 Å². The average Bonchev–Trinajstić information content (AvgIpc) is 2.82. The predicted octanol–water partition coefficient (Wildman–Crippen LogP) is 5.42. The van der Waals surface area contributed by atoms with E-state index in [2.05, 4.69) is 87.4 Å². The lowest BCUT2D eigenvalue weighted by Gasteiger charge is -2.29. The molecule has 5 nitrogen and oxygen atoms in total. The van der Waals surface area contributed by atoms with Gasteiger partial charge in [0.05, 0.1) is 0 Å². The summed E-state index contributed by atoms with van der Waals surface area (Å²) >= 11 is 0. The van der Waals surface area contributed by atoms with Crippen LogP contribution in [0, 0.1) is 0 Å². The molecule has 31 heavy (non-hydrogen) atoms. The van der Waals surface area contributed by atoms with Crippen LogP contribution in [0.2, 0.25) is 0 Å². The van der Waals surface area contributed by atoms with Crippen molar-refractivity contribution >= 4 is 23.0 Å². The number of rotatable bonds is 8. The molecule has 0 aliphatic heterocycles. The number of hydrogen-bond acceptors (Lipinski definition) is 5. The Kier molecular flexibility index (Phi) is 6.43. The molecule has 3 aromatic carbocycles. The van der Waals surface area contributed by atoms with Crippen LogP contribution < -0.4 is 15.5 Å². The molecule has 4 rings (SSSR count). The van der Waals surface area contributed by atoms with Crippen LogP contribution in [0.1, 0.15) is 18.1 Å². The molecule has 0 atom stereocenters. The lowest BCUT2D eigenvalue weighted by molar-refractivity contribution is 0.781. The Morgan fingerprint density at radius 1 is 0.677 bits per heavy atom. The monoisotopic (exact) mass is 409 g/mol. The largest absolute Gasteiger partial charge is 0.393 e. The Balaban J connectivity index is 1.73. The zero-order valence-electron chi connectivity index (χ0n) is 17.7. The summed E-state index contributed by atoms with van der Waals surface area (Å²) < 4.78 is 0. The van der Waals surface area contributed by atoms with Gasteiger partial charge in [0.25, 0.3) is 0 Å². The number of benzene rings is 3. The van der Waals surface area contributed by atoms with Crippen molar-refractivity contribution < 1.29 is 0 Å². The smallest absolute Gasteiger partial charge is 0.161 e. The summed E-state index contributed by atoms with van der Waals surface area (Å²) in [6.07, 6.45) is 1.61. The van der Waals surface area contributed by atoms with Gasteiger partial charge in [-0.25, -0.2) is 9.97 Å². The van der Waals surface area contributed by atoms with Gasteiger partial charge in [-0.2, -0.15) is 0 Å². The van der Waals surface area contributed by atoms with Gasteiger partial charge >= 0.3 is 0 Å². The van der Waals surface area contributed by atoms with E-state index in [0.717, 1.165) is 23.9 Å². The molecule has 4 aromatic rings. The van der Waals surface area contributed by atoms with Gasteiger partial charge in [0, 0.05) is 25.3 Å². The number of anilines is 4. The van der Waals surface area contributed by atoms with Crippen LogP contribution in [0.4, 0.5) is 23.0 Å². The van der Waals surface area contributed by atoms with Crippen molar-refractivity contribution in [1.29, 1.82) is 0 Å². The van der Waals surface area contributed by atoms with E-state index in [0.29, 0.717) is 18.8 Å². The minimum absolute atomic E-state index is 0.583. The van der Waals surface area contributed by atoms with Crippen LogP contribution >= 0.6 is 0 Å². The molecule has 0 saturated carbocycles. The third-order valence-electron chi connectivity index (χ3n) is 5.21. The molecule has 0 bridgehead atoms. The van der Waals surface area contributed by atoms with Crippen molar-refractivity contribution in [1.82, 2.24) is 9.97 Å². The SMILES string of the molecule is CCN(c1ccccc1)c1ncnc(N(Cc2ccccc2)Cc2ccccc2)c1N. The highest BCUT2D eigenvalue weighted by atomic mass is 15.3. The fourth-order valence-corrected chi connectivity index (χ4v) is 3.72. The second kappa shape index (κ2) is 9.76. The van der Waals surface area contributed by atoms with Crippen LogP contribution in [0.5, 0.6) is 0 Å². The van der Waals surface area contributed by atoms with Crippen LogP contribution in [0.3, 0.4) is 0 Å². The van der Waals surface area contributed by atoms with Gasteiger partial charge in [0.15, 0.2) is 11.6 Å². The minimum Gasteiger partial charge on any atom is -0.393 e. The Morgan fingerprint density at radius 2 is 1.16 bits per heavy atom. The molecule has 0 aliphatic rings. The van der Waals surface area contributed by atoms with E-state index in [1.165, 1.54) is 11.1 Å². The second-order valence-electron chi connectivity index (χ2n) is 7.34. The first kappa shape index (κ1) is 20.4. The van der Waals surface area contributed by atoms with Gasteiger partial charge in [-0.3, -0.25) is 0 Å². The maximum absolute atomic E-state index is 6.70. The molecule has 0 spiro atoms. The highest BCUT2D eigenvalue weighted by Gasteiger charge is 2.20.